The number of aromatic carboxylic acids is 1. The summed E-state index contributed by atoms with van der Waals surface area (Å²) < 4.78 is 2.26. The highest BCUT2D eigenvalue weighted by atomic mass is 16.4. The van der Waals surface area contributed by atoms with Crippen LogP contribution in [0.25, 0.3) is 22.2 Å². The van der Waals surface area contributed by atoms with Gasteiger partial charge in [0.1, 0.15) is 5.82 Å². The minimum absolute atomic E-state index is 0.157. The zero-order valence-corrected chi connectivity index (χ0v) is 22.1. The average Bonchev–Trinajstić information content (AvgIpc) is 3.15. The molecule has 192 valence electrons. The van der Waals surface area contributed by atoms with Crippen molar-refractivity contribution < 1.29 is 9.90 Å². The molecule has 37 heavy (non-hydrogen) atoms. The van der Waals surface area contributed by atoms with Gasteiger partial charge in [-0.3, -0.25) is 4.79 Å². The molecule has 0 aliphatic rings. The molecule has 0 saturated carbocycles. The van der Waals surface area contributed by atoms with Crippen molar-refractivity contribution in [1.82, 2.24) is 9.55 Å². The number of carboxylic acids is 1. The number of carbonyl (C=O) groups is 1. The van der Waals surface area contributed by atoms with Crippen molar-refractivity contribution >= 4 is 17.0 Å². The monoisotopic (exact) mass is 496 g/mol. The van der Waals surface area contributed by atoms with E-state index in [0.29, 0.717) is 17.7 Å². The Balaban J connectivity index is 1.79. The van der Waals surface area contributed by atoms with Crippen LogP contribution in [0.15, 0.2) is 65.5 Å². The molecule has 5 nitrogen and oxygen atoms in total. The first-order chi connectivity index (χ1) is 18.0. The molecule has 0 aliphatic heterocycles. The van der Waals surface area contributed by atoms with Gasteiger partial charge in [0.25, 0.3) is 0 Å². The van der Waals surface area contributed by atoms with E-state index in [2.05, 4.69) is 43.5 Å². The van der Waals surface area contributed by atoms with Crippen LogP contribution in [-0.2, 0) is 25.8 Å². The van der Waals surface area contributed by atoms with Crippen LogP contribution in [0, 0.1) is 0 Å². The van der Waals surface area contributed by atoms with Gasteiger partial charge in [-0.25, -0.2) is 9.78 Å². The van der Waals surface area contributed by atoms with Gasteiger partial charge in [0.05, 0.1) is 16.6 Å². The molecule has 0 radical (unpaired) electrons. The number of aryl methyl sites for hydroxylation is 3. The number of hydrogen-bond acceptors (Lipinski definition) is 3. The second kappa shape index (κ2) is 12.0. The Morgan fingerprint density at radius 3 is 2.19 bits per heavy atom. The molecule has 0 bridgehead atoms. The molecule has 0 atom stereocenters. The summed E-state index contributed by atoms with van der Waals surface area (Å²) >= 11 is 0. The standard InChI is InChI=1S/C32H36N2O3/c1-4-7-14-30-33-28-19-24(10-5-2)31(35)25(11-6-3)20-29(28)34(30)21-22-15-17-23(18-16-22)26-12-8-9-13-27(26)32(36)37/h8-9,12-13,15-20H,4-7,10-11,14,21H2,1-3H3,(H,36,37). The molecule has 0 saturated heterocycles. The summed E-state index contributed by atoms with van der Waals surface area (Å²) in [4.78, 5) is 30.0. The molecular weight excluding hydrogens is 460 g/mol. The fourth-order valence-electron chi connectivity index (χ4n) is 4.97. The van der Waals surface area contributed by atoms with Crippen LogP contribution < -0.4 is 5.43 Å². The molecule has 0 spiro atoms. The Kier molecular flexibility index (Phi) is 8.54. The average molecular weight is 497 g/mol. The SMILES string of the molecule is CCCCc1nc2cc(CCC)c(=O)c(CCC)cc2n1Cc1ccc(-c2ccccc2C(=O)O)cc1. The van der Waals surface area contributed by atoms with Crippen molar-refractivity contribution in [3.63, 3.8) is 0 Å². The lowest BCUT2D eigenvalue weighted by Gasteiger charge is -2.11. The van der Waals surface area contributed by atoms with Gasteiger partial charge in [0.15, 0.2) is 5.43 Å². The lowest BCUT2D eigenvalue weighted by atomic mass is 9.99. The molecule has 0 unspecified atom stereocenters. The maximum absolute atomic E-state index is 13.3. The van der Waals surface area contributed by atoms with Crippen molar-refractivity contribution in [2.75, 3.05) is 0 Å². The van der Waals surface area contributed by atoms with E-state index < -0.39 is 5.97 Å². The van der Waals surface area contributed by atoms with Crippen molar-refractivity contribution in [2.45, 2.75) is 72.3 Å². The van der Waals surface area contributed by atoms with Crippen LogP contribution in [0.1, 0.15) is 79.3 Å². The van der Waals surface area contributed by atoms with Gasteiger partial charge in [-0.1, -0.05) is 82.5 Å². The fraction of sp³-hybridized carbons (Fsp3) is 0.344. The van der Waals surface area contributed by atoms with Crippen molar-refractivity contribution in [1.29, 1.82) is 0 Å². The summed E-state index contributed by atoms with van der Waals surface area (Å²) in [6, 6.07) is 19.2. The molecule has 1 heterocycles. The Hall–Kier alpha value is -3.73. The molecule has 0 aliphatic carbocycles. The van der Waals surface area contributed by atoms with E-state index in [1.807, 2.05) is 30.3 Å². The van der Waals surface area contributed by atoms with Gasteiger partial charge in [0.2, 0.25) is 0 Å². The van der Waals surface area contributed by atoms with E-state index >= 15 is 0 Å². The number of imidazole rings is 1. The molecule has 5 heteroatoms. The Morgan fingerprint density at radius 1 is 0.865 bits per heavy atom. The number of rotatable bonds is 11. The summed E-state index contributed by atoms with van der Waals surface area (Å²) in [7, 11) is 0. The van der Waals surface area contributed by atoms with Crippen LogP contribution in [0.2, 0.25) is 0 Å². The first-order valence-electron chi connectivity index (χ1n) is 13.4. The van der Waals surface area contributed by atoms with Crippen LogP contribution >= 0.6 is 0 Å². The number of carboxylic acid groups (broad SMARTS) is 1. The highest BCUT2D eigenvalue weighted by Crippen LogP contribution is 2.26. The zero-order chi connectivity index (χ0) is 26.4. The summed E-state index contributed by atoms with van der Waals surface area (Å²) in [6.07, 6.45) is 6.38. The van der Waals surface area contributed by atoms with Gasteiger partial charge >= 0.3 is 5.97 Å². The molecule has 1 aromatic heterocycles. The quantitative estimate of drug-likeness (QED) is 0.241. The van der Waals surface area contributed by atoms with Crippen LogP contribution in [-0.4, -0.2) is 20.6 Å². The smallest absolute Gasteiger partial charge is 0.336 e. The summed E-state index contributed by atoms with van der Waals surface area (Å²) in [6.45, 7) is 7.04. The summed E-state index contributed by atoms with van der Waals surface area (Å²) in [5.74, 6) is 0.113. The van der Waals surface area contributed by atoms with E-state index in [-0.39, 0.29) is 5.43 Å². The minimum Gasteiger partial charge on any atom is -0.478 e. The number of unbranched alkanes of at least 4 members (excludes halogenated alkanes) is 1. The number of hydrogen-bond donors (Lipinski definition) is 1. The lowest BCUT2D eigenvalue weighted by molar-refractivity contribution is 0.0697. The highest BCUT2D eigenvalue weighted by molar-refractivity contribution is 5.96. The van der Waals surface area contributed by atoms with Crippen LogP contribution in [0.5, 0.6) is 0 Å². The molecule has 1 N–H and O–H groups in total. The van der Waals surface area contributed by atoms with E-state index in [0.717, 1.165) is 84.1 Å². The fourth-order valence-corrected chi connectivity index (χ4v) is 4.97. The number of fused-ring (bicyclic) bond motifs is 1. The first-order valence-corrected chi connectivity index (χ1v) is 13.4. The Bertz CT molecular complexity index is 1450. The molecular formula is C32H36N2O3. The minimum atomic E-state index is -0.930. The summed E-state index contributed by atoms with van der Waals surface area (Å²) in [5, 5.41) is 9.58. The summed E-state index contributed by atoms with van der Waals surface area (Å²) in [5.41, 5.74) is 6.76. The largest absolute Gasteiger partial charge is 0.478 e. The second-order valence-corrected chi connectivity index (χ2v) is 9.70. The molecule has 4 rings (SSSR count). The third-order valence-corrected chi connectivity index (χ3v) is 6.88. The Morgan fingerprint density at radius 2 is 1.54 bits per heavy atom. The Labute approximate surface area is 218 Å². The third kappa shape index (κ3) is 5.82. The van der Waals surface area contributed by atoms with Gasteiger partial charge in [-0.2, -0.15) is 0 Å². The zero-order valence-electron chi connectivity index (χ0n) is 22.1. The van der Waals surface area contributed by atoms with Gasteiger partial charge < -0.3 is 9.67 Å². The van der Waals surface area contributed by atoms with Gasteiger partial charge in [-0.15, -0.1) is 0 Å². The first kappa shape index (κ1) is 26.3. The predicted octanol–water partition coefficient (Wildman–Crippen LogP) is 7.06. The number of benzene rings is 2. The molecule has 3 aromatic carbocycles. The molecule has 0 amide bonds. The molecule has 0 fully saturated rings. The normalized spacial score (nSPS) is 11.2. The maximum atomic E-state index is 13.3. The van der Waals surface area contributed by atoms with Gasteiger partial charge in [-0.05, 0) is 54.2 Å². The van der Waals surface area contributed by atoms with Crippen LogP contribution in [0.4, 0.5) is 0 Å². The topological polar surface area (TPSA) is 72.2 Å². The van der Waals surface area contributed by atoms with E-state index in [1.54, 1.807) is 12.1 Å². The highest BCUT2D eigenvalue weighted by Gasteiger charge is 2.15. The molecule has 4 aromatic rings. The van der Waals surface area contributed by atoms with E-state index in [4.69, 9.17) is 4.98 Å². The van der Waals surface area contributed by atoms with Crippen molar-refractivity contribution in [2.24, 2.45) is 0 Å². The second-order valence-electron chi connectivity index (χ2n) is 9.70. The third-order valence-electron chi connectivity index (χ3n) is 6.88. The maximum Gasteiger partial charge on any atom is 0.336 e. The lowest BCUT2D eigenvalue weighted by Crippen LogP contribution is -2.11. The van der Waals surface area contributed by atoms with Gasteiger partial charge in [0, 0.05) is 24.1 Å². The van der Waals surface area contributed by atoms with Crippen LogP contribution in [0.3, 0.4) is 0 Å². The van der Waals surface area contributed by atoms with Crippen molar-refractivity contribution in [3.05, 3.63) is 99.0 Å². The van der Waals surface area contributed by atoms with Crippen molar-refractivity contribution in [3.8, 4) is 11.1 Å². The van der Waals surface area contributed by atoms with E-state index in [1.165, 1.54) is 0 Å². The number of nitrogens with zero attached hydrogens (tertiary/aromatic N) is 2. The predicted molar refractivity (Wildman–Crippen MR) is 151 cm³/mol. The number of aromatic nitrogens is 2. The van der Waals surface area contributed by atoms with E-state index in [9.17, 15) is 14.7 Å².